The molecule has 2 aromatic rings. The molecule has 0 aromatic heterocycles. The number of methoxy groups -OCH3 is 2. The predicted molar refractivity (Wildman–Crippen MR) is 125 cm³/mol. The van der Waals surface area contributed by atoms with Crippen LogP contribution in [0.4, 0.5) is 5.69 Å². The lowest BCUT2D eigenvalue weighted by molar-refractivity contribution is -0.148. The van der Waals surface area contributed by atoms with E-state index in [0.29, 0.717) is 24.3 Å². The van der Waals surface area contributed by atoms with Gasteiger partial charge in [0.05, 0.1) is 32.4 Å². The fourth-order valence-electron chi connectivity index (χ4n) is 4.27. The van der Waals surface area contributed by atoms with Gasteiger partial charge in [0.1, 0.15) is 16.4 Å². The quantitative estimate of drug-likeness (QED) is 0.572. The number of piperidine rings is 1. The molecule has 11 heteroatoms. The van der Waals surface area contributed by atoms with Gasteiger partial charge in [-0.15, -0.1) is 0 Å². The molecule has 0 bridgehead atoms. The number of carbonyl (C=O) groups excluding carboxylic acids is 2. The third-order valence-electron chi connectivity index (χ3n) is 5.98. The molecule has 0 spiro atoms. The molecule has 0 saturated carbocycles. The molecule has 9 nitrogen and oxygen atoms in total. The van der Waals surface area contributed by atoms with Gasteiger partial charge in [-0.2, -0.15) is 4.31 Å². The van der Waals surface area contributed by atoms with Gasteiger partial charge in [-0.05, 0) is 43.2 Å². The second-order valence-corrected chi connectivity index (χ2v) is 10.4. The number of benzene rings is 2. The molecule has 0 radical (unpaired) electrons. The number of fused-ring (bicyclic) bond motifs is 1. The molecule has 2 aliphatic rings. The zero-order chi connectivity index (χ0) is 24.5. The number of anilines is 1. The fraction of sp³-hybridized carbons (Fsp3) is 0.391. The topological polar surface area (TPSA) is 102 Å². The van der Waals surface area contributed by atoms with Crippen molar-refractivity contribution in [2.45, 2.75) is 23.8 Å². The maximum atomic E-state index is 13.6. The van der Waals surface area contributed by atoms with E-state index in [1.807, 2.05) is 0 Å². The number of amides is 1. The summed E-state index contributed by atoms with van der Waals surface area (Å²) in [5, 5.41) is 0.266. The van der Waals surface area contributed by atoms with Gasteiger partial charge in [-0.25, -0.2) is 13.2 Å². The van der Waals surface area contributed by atoms with Gasteiger partial charge in [0, 0.05) is 18.1 Å². The first-order chi connectivity index (χ1) is 16.3. The minimum Gasteiger partial charge on any atom is -0.495 e. The second kappa shape index (κ2) is 9.81. The lowest BCUT2D eigenvalue weighted by atomic mass is 9.97. The minimum absolute atomic E-state index is 0.000745. The number of hydrogen-bond acceptors (Lipinski definition) is 7. The molecule has 2 aliphatic heterocycles. The summed E-state index contributed by atoms with van der Waals surface area (Å²) in [6, 6.07) is 11.3. The molecular formula is C23H25ClN2O7S. The standard InChI is InChI=1S/C23H25ClN2O7S/c1-31-19-10-9-16(24)12-21(19)34(29,30)25-11-5-6-15(13-25)22(27)26-14-20(23(28)32-2)33-18-8-4-3-7-17(18)26/h3-4,7-10,12,15,20H,5-6,11,13-14H2,1-2H3/t15-,20+/m0/s1. The Hall–Kier alpha value is -2.82. The van der Waals surface area contributed by atoms with Gasteiger partial charge in [0.25, 0.3) is 0 Å². The molecule has 2 heterocycles. The van der Waals surface area contributed by atoms with Gasteiger partial charge in [0.2, 0.25) is 22.0 Å². The smallest absolute Gasteiger partial charge is 0.348 e. The first kappa shape index (κ1) is 24.3. The molecule has 0 aliphatic carbocycles. The van der Waals surface area contributed by atoms with Crippen molar-refractivity contribution in [2.75, 3.05) is 38.8 Å². The molecule has 34 heavy (non-hydrogen) atoms. The van der Waals surface area contributed by atoms with E-state index in [1.54, 1.807) is 30.3 Å². The highest BCUT2D eigenvalue weighted by atomic mass is 35.5. The maximum Gasteiger partial charge on any atom is 0.348 e. The van der Waals surface area contributed by atoms with Crippen LogP contribution in [0.25, 0.3) is 0 Å². The van der Waals surface area contributed by atoms with Crippen molar-refractivity contribution in [3.8, 4) is 11.5 Å². The SMILES string of the molecule is COC(=O)[C@H]1CN(C(=O)[C@H]2CCCN(S(=O)(=O)c3cc(Cl)ccc3OC)C2)c2ccccc2O1. The van der Waals surface area contributed by atoms with E-state index >= 15 is 0 Å². The van der Waals surface area contributed by atoms with E-state index in [1.165, 1.54) is 35.6 Å². The van der Waals surface area contributed by atoms with Crippen molar-refractivity contribution < 1.29 is 32.2 Å². The largest absolute Gasteiger partial charge is 0.495 e. The Morgan fingerprint density at radius 2 is 1.88 bits per heavy atom. The van der Waals surface area contributed by atoms with Crippen molar-refractivity contribution in [2.24, 2.45) is 5.92 Å². The van der Waals surface area contributed by atoms with E-state index in [4.69, 9.17) is 25.8 Å². The summed E-state index contributed by atoms with van der Waals surface area (Å²) in [6.07, 6.45) is 0.0493. The van der Waals surface area contributed by atoms with Crippen molar-refractivity contribution in [3.05, 3.63) is 47.5 Å². The number of hydrogen-bond donors (Lipinski definition) is 0. The summed E-state index contributed by atoms with van der Waals surface area (Å²) >= 11 is 6.05. The van der Waals surface area contributed by atoms with Crippen LogP contribution in [0.3, 0.4) is 0 Å². The van der Waals surface area contributed by atoms with Gasteiger partial charge < -0.3 is 19.1 Å². The second-order valence-electron chi connectivity index (χ2n) is 8.04. The molecule has 1 amide bonds. The monoisotopic (exact) mass is 508 g/mol. The number of nitrogens with zero attached hydrogens (tertiary/aromatic N) is 2. The van der Waals surface area contributed by atoms with Crippen LogP contribution in [0.1, 0.15) is 12.8 Å². The molecule has 182 valence electrons. The van der Waals surface area contributed by atoms with E-state index in [-0.39, 0.29) is 41.2 Å². The zero-order valence-electron chi connectivity index (χ0n) is 18.8. The Morgan fingerprint density at radius 3 is 2.62 bits per heavy atom. The minimum atomic E-state index is -3.96. The molecule has 0 N–H and O–H groups in total. The Morgan fingerprint density at radius 1 is 1.12 bits per heavy atom. The van der Waals surface area contributed by atoms with E-state index in [2.05, 4.69) is 0 Å². The Kier molecular flexibility index (Phi) is 7.01. The summed E-state index contributed by atoms with van der Waals surface area (Å²) in [5.74, 6) is -0.892. The number of sulfonamides is 1. The van der Waals surface area contributed by atoms with Crippen LogP contribution in [0, 0.1) is 5.92 Å². The van der Waals surface area contributed by atoms with Crippen LogP contribution in [0.15, 0.2) is 47.4 Å². The zero-order valence-corrected chi connectivity index (χ0v) is 20.3. The summed E-state index contributed by atoms with van der Waals surface area (Å²) < 4.78 is 43.9. The Labute approximate surface area is 203 Å². The molecule has 4 rings (SSSR count). The number of ether oxygens (including phenoxy) is 3. The van der Waals surface area contributed by atoms with Crippen molar-refractivity contribution in [1.82, 2.24) is 4.31 Å². The number of para-hydroxylation sites is 2. The van der Waals surface area contributed by atoms with Crippen LogP contribution in [-0.2, 0) is 24.3 Å². The van der Waals surface area contributed by atoms with Gasteiger partial charge >= 0.3 is 5.97 Å². The van der Waals surface area contributed by atoms with Gasteiger partial charge in [-0.3, -0.25) is 4.79 Å². The van der Waals surface area contributed by atoms with Gasteiger partial charge in [-0.1, -0.05) is 23.7 Å². The van der Waals surface area contributed by atoms with Crippen LogP contribution in [0.5, 0.6) is 11.5 Å². The lowest BCUT2D eigenvalue weighted by Gasteiger charge is -2.38. The molecule has 1 saturated heterocycles. The summed E-state index contributed by atoms with van der Waals surface area (Å²) in [4.78, 5) is 27.2. The fourth-order valence-corrected chi connectivity index (χ4v) is 6.21. The molecule has 2 aromatic carbocycles. The van der Waals surface area contributed by atoms with Crippen molar-refractivity contribution in [3.63, 3.8) is 0 Å². The highest BCUT2D eigenvalue weighted by molar-refractivity contribution is 7.89. The van der Waals surface area contributed by atoms with Gasteiger partial charge in [0.15, 0.2) is 0 Å². The van der Waals surface area contributed by atoms with E-state index in [0.717, 1.165) is 0 Å². The van der Waals surface area contributed by atoms with E-state index < -0.39 is 28.0 Å². The van der Waals surface area contributed by atoms with Crippen molar-refractivity contribution in [1.29, 1.82) is 0 Å². The first-order valence-corrected chi connectivity index (χ1v) is 12.6. The highest BCUT2D eigenvalue weighted by Gasteiger charge is 2.40. The summed E-state index contributed by atoms with van der Waals surface area (Å²) in [7, 11) is -1.32. The van der Waals surface area contributed by atoms with Crippen LogP contribution in [-0.4, -0.2) is 64.6 Å². The van der Waals surface area contributed by atoms with Crippen LogP contribution < -0.4 is 14.4 Å². The number of halogens is 1. The maximum absolute atomic E-state index is 13.6. The lowest BCUT2D eigenvalue weighted by Crippen LogP contribution is -2.52. The predicted octanol–water partition coefficient (Wildman–Crippen LogP) is 2.72. The van der Waals surface area contributed by atoms with Crippen LogP contribution in [0.2, 0.25) is 5.02 Å². The molecule has 1 fully saturated rings. The number of carbonyl (C=O) groups is 2. The van der Waals surface area contributed by atoms with Crippen molar-refractivity contribution >= 4 is 39.2 Å². The molecular weight excluding hydrogens is 484 g/mol. The first-order valence-electron chi connectivity index (χ1n) is 10.7. The average molecular weight is 509 g/mol. The Balaban J connectivity index is 1.60. The Bertz CT molecular complexity index is 1200. The summed E-state index contributed by atoms with van der Waals surface area (Å²) in [5.41, 5.74) is 0.532. The highest BCUT2D eigenvalue weighted by Crippen LogP contribution is 2.36. The average Bonchev–Trinajstić information content (AvgIpc) is 2.87. The third kappa shape index (κ3) is 4.57. The van der Waals surface area contributed by atoms with Crippen LogP contribution >= 0.6 is 11.6 Å². The molecule has 2 atom stereocenters. The normalized spacial score (nSPS) is 20.7. The number of esters is 1. The summed E-state index contributed by atoms with van der Waals surface area (Å²) in [6.45, 7) is 0.249. The third-order valence-corrected chi connectivity index (χ3v) is 8.10. The molecule has 0 unspecified atom stereocenters. The van der Waals surface area contributed by atoms with E-state index in [9.17, 15) is 18.0 Å². The number of rotatable bonds is 5.